The first-order chi connectivity index (χ1) is 39.0. The minimum atomic E-state index is -0.843. The molecule has 0 fully saturated rings. The molecular weight excluding hydrogens is 971 g/mol. The molecule has 3 N–H and O–H groups in total. The van der Waals surface area contributed by atoms with E-state index < -0.39 is 12.1 Å². The number of rotatable bonds is 67. The lowest BCUT2D eigenvalue weighted by Gasteiger charge is -2.20. The van der Waals surface area contributed by atoms with Gasteiger partial charge in [-0.15, -0.1) is 0 Å². The number of hydrogen-bond acceptors (Lipinski definition) is 5. The summed E-state index contributed by atoms with van der Waals surface area (Å²) >= 11 is 0. The highest BCUT2D eigenvalue weighted by atomic mass is 16.5. The number of hydrogen-bond donors (Lipinski definition) is 3. The van der Waals surface area contributed by atoms with Crippen LogP contribution in [0.2, 0.25) is 0 Å². The quantitative estimate of drug-likeness (QED) is 0.0320. The monoisotopic (exact) mass is 1110 g/mol. The lowest BCUT2D eigenvalue weighted by atomic mass is 10.0. The highest BCUT2D eigenvalue weighted by Crippen LogP contribution is 2.18. The van der Waals surface area contributed by atoms with Crippen LogP contribution in [0.15, 0.2) is 36.5 Å². The van der Waals surface area contributed by atoms with Crippen LogP contribution in [0.25, 0.3) is 0 Å². The van der Waals surface area contributed by atoms with E-state index in [9.17, 15) is 19.8 Å². The predicted octanol–water partition coefficient (Wildman–Crippen LogP) is 23.1. The van der Waals surface area contributed by atoms with E-state index in [1.54, 1.807) is 6.08 Å². The minimum absolute atomic E-state index is 0.0175. The number of carbonyl (C=O) groups is 2. The Morgan fingerprint density at radius 1 is 0.354 bits per heavy atom. The van der Waals surface area contributed by atoms with Crippen molar-refractivity contribution in [3.8, 4) is 0 Å². The van der Waals surface area contributed by atoms with Crippen LogP contribution in [0, 0.1) is 0 Å². The van der Waals surface area contributed by atoms with Crippen LogP contribution < -0.4 is 5.32 Å². The SMILES string of the molecule is CCCCCCCCCCCCCCC/C=C/C(O)C(CO)NC(=O)CCCCCCCCCCCCCCCCCCC/C=C\C/C=C\CCCCCCCCCCCCCOC(=O)CCCCCCCCCCCCCC. The molecule has 2 unspecified atom stereocenters. The highest BCUT2D eigenvalue weighted by molar-refractivity contribution is 5.76. The highest BCUT2D eigenvalue weighted by Gasteiger charge is 2.18. The summed E-state index contributed by atoms with van der Waals surface area (Å²) in [7, 11) is 0. The summed E-state index contributed by atoms with van der Waals surface area (Å²) in [5, 5.41) is 23.2. The van der Waals surface area contributed by atoms with Crippen LogP contribution in [0.3, 0.4) is 0 Å². The van der Waals surface area contributed by atoms with Crippen LogP contribution in [-0.2, 0) is 14.3 Å². The lowest BCUT2D eigenvalue weighted by Crippen LogP contribution is -2.45. The molecule has 0 aliphatic heterocycles. The van der Waals surface area contributed by atoms with Gasteiger partial charge in [-0.05, 0) is 64.2 Å². The minimum Gasteiger partial charge on any atom is -0.466 e. The Kier molecular flexibility index (Phi) is 66.9. The molecule has 2 atom stereocenters. The standard InChI is InChI=1S/C73H139NO5/c1-3-5-7-9-11-13-15-17-39-42-45-49-53-57-61-65-71(76)70(69-75)74-72(77)66-62-58-54-50-46-43-40-37-35-33-31-29-27-25-23-21-19-18-20-22-24-26-28-30-32-34-36-38-41-44-48-52-56-60-64-68-79-73(78)67-63-59-55-51-47-16-14-12-10-8-6-4-2/h20,22,26,28,61,65,70-71,75-76H,3-19,21,23-25,27,29-60,62-64,66-69H2,1-2H3,(H,74,77)/b22-20-,28-26-,65-61+. The third-order valence-corrected chi connectivity index (χ3v) is 16.7. The van der Waals surface area contributed by atoms with Gasteiger partial charge in [0.15, 0.2) is 0 Å². The fraction of sp³-hybridized carbons (Fsp3) is 0.890. The molecule has 0 saturated carbocycles. The topological polar surface area (TPSA) is 95.9 Å². The number of esters is 1. The molecule has 6 nitrogen and oxygen atoms in total. The second-order valence-corrected chi connectivity index (χ2v) is 24.6. The van der Waals surface area contributed by atoms with Gasteiger partial charge in [-0.2, -0.15) is 0 Å². The van der Waals surface area contributed by atoms with Gasteiger partial charge in [-0.25, -0.2) is 0 Å². The van der Waals surface area contributed by atoms with Crippen molar-refractivity contribution in [1.29, 1.82) is 0 Å². The summed E-state index contributed by atoms with van der Waals surface area (Å²) in [5.41, 5.74) is 0. The fourth-order valence-electron chi connectivity index (χ4n) is 11.2. The summed E-state index contributed by atoms with van der Waals surface area (Å²) in [6.07, 6.45) is 88.1. The molecule has 0 aliphatic rings. The van der Waals surface area contributed by atoms with E-state index in [4.69, 9.17) is 4.74 Å². The van der Waals surface area contributed by atoms with Crippen molar-refractivity contribution < 1.29 is 24.5 Å². The Bertz CT molecular complexity index is 1280. The Balaban J connectivity index is 3.38. The van der Waals surface area contributed by atoms with Crippen molar-refractivity contribution in [2.75, 3.05) is 13.2 Å². The molecule has 0 saturated heterocycles. The van der Waals surface area contributed by atoms with E-state index in [0.717, 1.165) is 44.9 Å². The number of aliphatic hydroxyl groups is 2. The lowest BCUT2D eigenvalue weighted by molar-refractivity contribution is -0.143. The van der Waals surface area contributed by atoms with E-state index in [0.29, 0.717) is 19.4 Å². The van der Waals surface area contributed by atoms with Crippen molar-refractivity contribution in [1.82, 2.24) is 5.32 Å². The molecule has 466 valence electrons. The van der Waals surface area contributed by atoms with Crippen molar-refractivity contribution in [2.24, 2.45) is 0 Å². The Hall–Kier alpha value is -1.92. The molecule has 0 radical (unpaired) electrons. The summed E-state index contributed by atoms with van der Waals surface area (Å²) in [6, 6.07) is -0.626. The number of allylic oxidation sites excluding steroid dienone is 5. The Morgan fingerprint density at radius 2 is 0.633 bits per heavy atom. The summed E-state index contributed by atoms with van der Waals surface area (Å²) in [5.74, 6) is -0.0459. The number of carbonyl (C=O) groups excluding carboxylic acids is 2. The number of unbranched alkanes of at least 4 members (excludes halogenated alkanes) is 52. The molecule has 0 aromatic heterocycles. The van der Waals surface area contributed by atoms with Gasteiger partial charge >= 0.3 is 5.97 Å². The molecule has 0 rings (SSSR count). The van der Waals surface area contributed by atoms with Crippen molar-refractivity contribution in [3.05, 3.63) is 36.5 Å². The van der Waals surface area contributed by atoms with E-state index >= 15 is 0 Å². The van der Waals surface area contributed by atoms with Gasteiger partial charge in [0, 0.05) is 12.8 Å². The molecule has 0 aromatic rings. The summed E-state index contributed by atoms with van der Waals surface area (Å²) < 4.78 is 5.48. The van der Waals surface area contributed by atoms with Crippen molar-refractivity contribution in [3.63, 3.8) is 0 Å². The second-order valence-electron chi connectivity index (χ2n) is 24.6. The maximum absolute atomic E-state index is 12.5. The van der Waals surface area contributed by atoms with Gasteiger partial charge in [0.1, 0.15) is 0 Å². The van der Waals surface area contributed by atoms with Crippen molar-refractivity contribution >= 4 is 11.9 Å². The van der Waals surface area contributed by atoms with Gasteiger partial charge in [0.05, 0.1) is 25.4 Å². The maximum atomic E-state index is 12.5. The van der Waals surface area contributed by atoms with Crippen molar-refractivity contribution in [2.45, 2.75) is 405 Å². The van der Waals surface area contributed by atoms with Crippen LogP contribution in [0.5, 0.6) is 0 Å². The maximum Gasteiger partial charge on any atom is 0.305 e. The summed E-state index contributed by atoms with van der Waals surface area (Å²) in [4.78, 5) is 24.5. The van der Waals surface area contributed by atoms with Crippen LogP contribution in [0.4, 0.5) is 0 Å². The molecule has 0 bridgehead atoms. The first kappa shape index (κ1) is 77.1. The summed E-state index contributed by atoms with van der Waals surface area (Å²) in [6.45, 7) is 4.93. The molecule has 6 heteroatoms. The van der Waals surface area contributed by atoms with Gasteiger partial charge in [-0.3, -0.25) is 9.59 Å². The fourth-order valence-corrected chi connectivity index (χ4v) is 11.2. The van der Waals surface area contributed by atoms with Gasteiger partial charge in [0.2, 0.25) is 5.91 Å². The predicted molar refractivity (Wildman–Crippen MR) is 347 cm³/mol. The Labute approximate surface area is 494 Å². The number of ether oxygens (including phenoxy) is 1. The van der Waals surface area contributed by atoms with E-state index in [2.05, 4.69) is 43.5 Å². The molecule has 0 aromatic carbocycles. The van der Waals surface area contributed by atoms with Gasteiger partial charge < -0.3 is 20.3 Å². The van der Waals surface area contributed by atoms with E-state index in [1.165, 1.54) is 321 Å². The third kappa shape index (κ3) is 65.1. The number of aliphatic hydroxyl groups excluding tert-OH is 2. The zero-order chi connectivity index (χ0) is 57.1. The van der Waals surface area contributed by atoms with E-state index in [-0.39, 0.29) is 18.5 Å². The third-order valence-electron chi connectivity index (χ3n) is 16.7. The second kappa shape index (κ2) is 68.6. The zero-order valence-electron chi connectivity index (χ0n) is 53.4. The van der Waals surface area contributed by atoms with Crippen LogP contribution in [-0.4, -0.2) is 47.4 Å². The molecule has 0 spiro atoms. The average molecular weight is 1110 g/mol. The van der Waals surface area contributed by atoms with Crippen LogP contribution in [0.1, 0.15) is 393 Å². The molecule has 1 amide bonds. The van der Waals surface area contributed by atoms with Crippen LogP contribution >= 0.6 is 0 Å². The number of amides is 1. The smallest absolute Gasteiger partial charge is 0.305 e. The van der Waals surface area contributed by atoms with Gasteiger partial charge in [0.25, 0.3) is 0 Å². The largest absolute Gasteiger partial charge is 0.466 e. The molecule has 0 aliphatic carbocycles. The normalized spacial score (nSPS) is 12.7. The first-order valence-electron chi connectivity index (χ1n) is 35.8. The zero-order valence-corrected chi connectivity index (χ0v) is 53.4. The molecule has 79 heavy (non-hydrogen) atoms. The Morgan fingerprint density at radius 3 is 0.962 bits per heavy atom. The van der Waals surface area contributed by atoms with Gasteiger partial charge in [-0.1, -0.05) is 352 Å². The van der Waals surface area contributed by atoms with E-state index in [1.807, 2.05) is 6.08 Å². The molecule has 0 heterocycles. The molecular formula is C73H139NO5. The number of nitrogens with one attached hydrogen (secondary N) is 1. The first-order valence-corrected chi connectivity index (χ1v) is 35.8. The average Bonchev–Trinajstić information content (AvgIpc) is 3.45.